The number of hydrogen-bond acceptors (Lipinski definition) is 3. The van der Waals surface area contributed by atoms with Gasteiger partial charge in [-0.1, -0.05) is 24.3 Å². The lowest BCUT2D eigenvalue weighted by Gasteiger charge is -2.27. The fourth-order valence-corrected chi connectivity index (χ4v) is 2.35. The van der Waals surface area contributed by atoms with E-state index in [-0.39, 0.29) is 6.61 Å². The number of aliphatic hydroxyl groups is 1. The molecule has 0 spiro atoms. The van der Waals surface area contributed by atoms with Crippen molar-refractivity contribution in [3.05, 3.63) is 36.0 Å². The smallest absolute Gasteiger partial charge is 0.136 e. The Kier molecular flexibility index (Phi) is 3.82. The van der Waals surface area contributed by atoms with Crippen LogP contribution in [0, 0.1) is 0 Å². The maximum Gasteiger partial charge on any atom is 0.136 e. The second-order valence-corrected chi connectivity index (χ2v) is 4.69. The summed E-state index contributed by atoms with van der Waals surface area (Å²) < 4.78 is 0. The molecule has 1 heterocycles. The van der Waals surface area contributed by atoms with Gasteiger partial charge in [-0.15, -0.1) is 0 Å². The molecule has 0 aliphatic carbocycles. The van der Waals surface area contributed by atoms with E-state index in [2.05, 4.69) is 36.7 Å². The third kappa shape index (κ3) is 2.18. The molecular weight excluding hydrogens is 224 g/mol. The normalized spacial score (nSPS) is 11.2. The Hall–Kier alpha value is -1.61. The van der Waals surface area contributed by atoms with Crippen LogP contribution in [0.25, 0.3) is 10.8 Å². The molecule has 0 fully saturated rings. The Morgan fingerprint density at radius 1 is 1.22 bits per heavy atom. The van der Waals surface area contributed by atoms with Crippen LogP contribution in [0.5, 0.6) is 0 Å². The number of benzene rings is 1. The summed E-state index contributed by atoms with van der Waals surface area (Å²) in [6, 6.07) is 8.54. The van der Waals surface area contributed by atoms with Gasteiger partial charge in [0.1, 0.15) is 5.82 Å². The minimum atomic E-state index is 0.0294. The molecule has 0 unspecified atom stereocenters. The van der Waals surface area contributed by atoms with E-state index < -0.39 is 0 Å². The maximum absolute atomic E-state index is 9.38. The quantitative estimate of drug-likeness (QED) is 0.898. The summed E-state index contributed by atoms with van der Waals surface area (Å²) in [4.78, 5) is 6.80. The van der Waals surface area contributed by atoms with Crippen molar-refractivity contribution >= 4 is 16.6 Å². The summed E-state index contributed by atoms with van der Waals surface area (Å²) in [6.07, 6.45) is 1.78. The van der Waals surface area contributed by atoms with E-state index >= 15 is 0 Å². The minimum absolute atomic E-state index is 0.0294. The van der Waals surface area contributed by atoms with Gasteiger partial charge in [0.05, 0.1) is 6.61 Å². The van der Waals surface area contributed by atoms with Crippen LogP contribution in [0.15, 0.2) is 30.5 Å². The van der Waals surface area contributed by atoms with Crippen LogP contribution >= 0.6 is 0 Å². The van der Waals surface area contributed by atoms with Gasteiger partial charge in [-0.2, -0.15) is 0 Å². The van der Waals surface area contributed by atoms with E-state index in [9.17, 15) is 5.11 Å². The molecule has 2 aromatic rings. The third-order valence-electron chi connectivity index (χ3n) is 3.26. The predicted molar refractivity (Wildman–Crippen MR) is 75.8 cm³/mol. The van der Waals surface area contributed by atoms with Crippen LogP contribution in [0.4, 0.5) is 5.82 Å². The molecule has 0 atom stereocenters. The summed E-state index contributed by atoms with van der Waals surface area (Å²) in [5.41, 5.74) is 0.883. The molecule has 18 heavy (non-hydrogen) atoms. The van der Waals surface area contributed by atoms with Gasteiger partial charge in [-0.05, 0) is 26.2 Å². The fraction of sp³-hybridized carbons (Fsp3) is 0.400. The number of aromatic nitrogens is 1. The first-order valence-electron chi connectivity index (χ1n) is 6.43. The first kappa shape index (κ1) is 12.8. The number of fused-ring (bicyclic) bond motifs is 1. The summed E-state index contributed by atoms with van der Waals surface area (Å²) in [5.74, 6) is 1.00. The molecule has 3 nitrogen and oxygen atoms in total. The molecule has 1 aromatic carbocycles. The van der Waals surface area contributed by atoms with Gasteiger partial charge in [0.2, 0.25) is 0 Å². The topological polar surface area (TPSA) is 36.4 Å². The second kappa shape index (κ2) is 5.36. The SMILES string of the molecule is CCN(c1ncc(CO)c2ccccc12)C(C)C. The molecular formula is C15H20N2O. The minimum Gasteiger partial charge on any atom is -0.392 e. The lowest BCUT2D eigenvalue weighted by Crippen LogP contribution is -2.31. The van der Waals surface area contributed by atoms with Crippen molar-refractivity contribution < 1.29 is 5.11 Å². The highest BCUT2D eigenvalue weighted by molar-refractivity contribution is 5.94. The van der Waals surface area contributed by atoms with E-state index in [1.165, 1.54) is 0 Å². The lowest BCUT2D eigenvalue weighted by molar-refractivity contribution is 0.283. The Labute approximate surface area is 108 Å². The van der Waals surface area contributed by atoms with Crippen molar-refractivity contribution in [3.8, 4) is 0 Å². The molecule has 2 rings (SSSR count). The number of hydrogen-bond donors (Lipinski definition) is 1. The van der Waals surface area contributed by atoms with E-state index in [1.807, 2.05) is 18.2 Å². The van der Waals surface area contributed by atoms with Crippen LogP contribution in [0.3, 0.4) is 0 Å². The third-order valence-corrected chi connectivity index (χ3v) is 3.26. The molecule has 0 saturated carbocycles. The Morgan fingerprint density at radius 3 is 2.44 bits per heavy atom. The first-order chi connectivity index (χ1) is 8.69. The molecule has 3 heteroatoms. The highest BCUT2D eigenvalue weighted by Gasteiger charge is 2.14. The molecule has 0 aliphatic heterocycles. The van der Waals surface area contributed by atoms with Gasteiger partial charge >= 0.3 is 0 Å². The first-order valence-corrected chi connectivity index (χ1v) is 6.43. The molecule has 0 amide bonds. The van der Waals surface area contributed by atoms with Crippen molar-refractivity contribution in [3.63, 3.8) is 0 Å². The van der Waals surface area contributed by atoms with Gasteiger partial charge in [-0.25, -0.2) is 4.98 Å². The van der Waals surface area contributed by atoms with E-state index in [0.717, 1.165) is 28.7 Å². The fourth-order valence-electron chi connectivity index (χ4n) is 2.35. The van der Waals surface area contributed by atoms with Crippen molar-refractivity contribution in [2.75, 3.05) is 11.4 Å². The van der Waals surface area contributed by atoms with Crippen LogP contribution in [-0.2, 0) is 6.61 Å². The number of rotatable bonds is 4. The van der Waals surface area contributed by atoms with Gasteiger partial charge in [0, 0.05) is 29.7 Å². The molecule has 1 N–H and O–H groups in total. The summed E-state index contributed by atoms with van der Waals surface area (Å²) in [7, 11) is 0. The zero-order valence-corrected chi connectivity index (χ0v) is 11.2. The number of anilines is 1. The largest absolute Gasteiger partial charge is 0.392 e. The molecule has 96 valence electrons. The molecule has 0 radical (unpaired) electrons. The zero-order valence-electron chi connectivity index (χ0n) is 11.2. The predicted octanol–water partition coefficient (Wildman–Crippen LogP) is 2.96. The van der Waals surface area contributed by atoms with Gasteiger partial charge in [-0.3, -0.25) is 0 Å². The zero-order chi connectivity index (χ0) is 13.1. The summed E-state index contributed by atoms with van der Waals surface area (Å²) in [6.45, 7) is 7.42. The van der Waals surface area contributed by atoms with E-state index in [4.69, 9.17) is 0 Å². The monoisotopic (exact) mass is 244 g/mol. The van der Waals surface area contributed by atoms with Crippen LogP contribution < -0.4 is 4.90 Å². The molecule has 1 aromatic heterocycles. The number of pyridine rings is 1. The van der Waals surface area contributed by atoms with Crippen molar-refractivity contribution in [2.45, 2.75) is 33.4 Å². The Balaban J connectivity index is 2.65. The second-order valence-electron chi connectivity index (χ2n) is 4.69. The summed E-state index contributed by atoms with van der Waals surface area (Å²) >= 11 is 0. The highest BCUT2D eigenvalue weighted by atomic mass is 16.3. The highest BCUT2D eigenvalue weighted by Crippen LogP contribution is 2.28. The lowest BCUT2D eigenvalue weighted by atomic mass is 10.1. The van der Waals surface area contributed by atoms with E-state index in [0.29, 0.717) is 6.04 Å². The van der Waals surface area contributed by atoms with Gasteiger partial charge in [0.15, 0.2) is 0 Å². The van der Waals surface area contributed by atoms with Crippen molar-refractivity contribution in [1.82, 2.24) is 4.98 Å². The van der Waals surface area contributed by atoms with Crippen LogP contribution in [-0.4, -0.2) is 22.7 Å². The van der Waals surface area contributed by atoms with Gasteiger partial charge in [0.25, 0.3) is 0 Å². The van der Waals surface area contributed by atoms with Crippen molar-refractivity contribution in [1.29, 1.82) is 0 Å². The van der Waals surface area contributed by atoms with E-state index in [1.54, 1.807) is 6.20 Å². The number of aliphatic hydroxyl groups excluding tert-OH is 1. The van der Waals surface area contributed by atoms with Crippen LogP contribution in [0.2, 0.25) is 0 Å². The average Bonchev–Trinajstić information content (AvgIpc) is 2.39. The summed E-state index contributed by atoms with van der Waals surface area (Å²) in [5, 5.41) is 11.6. The average molecular weight is 244 g/mol. The number of nitrogens with zero attached hydrogens (tertiary/aromatic N) is 2. The van der Waals surface area contributed by atoms with Crippen LogP contribution in [0.1, 0.15) is 26.3 Å². The van der Waals surface area contributed by atoms with Crippen molar-refractivity contribution in [2.24, 2.45) is 0 Å². The molecule has 0 aliphatic rings. The Morgan fingerprint density at radius 2 is 1.89 bits per heavy atom. The molecule has 0 bridgehead atoms. The molecule has 0 saturated heterocycles. The van der Waals surface area contributed by atoms with Gasteiger partial charge < -0.3 is 10.0 Å². The Bertz CT molecular complexity index is 537. The standard InChI is InChI=1S/C15H20N2O/c1-4-17(11(2)3)15-14-8-6-5-7-13(14)12(10-18)9-16-15/h5-9,11,18H,4,10H2,1-3H3. The maximum atomic E-state index is 9.38.